The van der Waals surface area contributed by atoms with Crippen LogP contribution < -0.4 is 5.73 Å². The van der Waals surface area contributed by atoms with E-state index >= 15 is 0 Å². The SMILES string of the molecule is CC.CC/C(=C\C=NC)Cc1ccc(N)cc1.CO. The van der Waals surface area contributed by atoms with Crippen molar-refractivity contribution in [3.8, 4) is 0 Å². The van der Waals surface area contributed by atoms with Gasteiger partial charge in [0.1, 0.15) is 0 Å². The molecule has 0 spiro atoms. The molecule has 0 radical (unpaired) electrons. The maximum Gasteiger partial charge on any atom is 0.0319 e. The van der Waals surface area contributed by atoms with Gasteiger partial charge in [0.2, 0.25) is 0 Å². The average molecular weight is 264 g/mol. The van der Waals surface area contributed by atoms with Crippen LogP contribution in [0.4, 0.5) is 5.69 Å². The number of hydrogen-bond donors (Lipinski definition) is 2. The summed E-state index contributed by atoms with van der Waals surface area (Å²) in [7, 11) is 2.78. The van der Waals surface area contributed by atoms with Crippen LogP contribution in [0, 0.1) is 0 Å². The molecule has 0 aliphatic heterocycles. The molecule has 0 amide bonds. The highest BCUT2D eigenvalue weighted by Gasteiger charge is 1.96. The molecule has 0 aliphatic rings. The van der Waals surface area contributed by atoms with E-state index in [1.807, 2.05) is 32.2 Å². The molecule has 0 atom stereocenters. The zero-order chi connectivity index (χ0) is 15.1. The van der Waals surface area contributed by atoms with Gasteiger partial charge in [-0.1, -0.05) is 38.5 Å². The number of anilines is 1. The normalized spacial score (nSPS) is 10.3. The summed E-state index contributed by atoms with van der Waals surface area (Å²) in [5, 5.41) is 7.00. The van der Waals surface area contributed by atoms with Crippen LogP contribution in [0.2, 0.25) is 0 Å². The van der Waals surface area contributed by atoms with Gasteiger partial charge >= 0.3 is 0 Å². The number of aliphatic hydroxyl groups excluding tert-OH is 1. The molecule has 3 nitrogen and oxygen atoms in total. The third kappa shape index (κ3) is 10.0. The first-order valence-electron chi connectivity index (χ1n) is 6.65. The molecule has 3 heteroatoms. The van der Waals surface area contributed by atoms with E-state index in [0.717, 1.165) is 25.6 Å². The summed E-state index contributed by atoms with van der Waals surface area (Å²) < 4.78 is 0. The van der Waals surface area contributed by atoms with E-state index in [-0.39, 0.29) is 0 Å². The lowest BCUT2D eigenvalue weighted by Crippen LogP contribution is -1.91. The second-order valence-electron chi connectivity index (χ2n) is 3.50. The van der Waals surface area contributed by atoms with Crippen molar-refractivity contribution in [1.82, 2.24) is 0 Å². The number of nitrogens with two attached hydrogens (primary N) is 1. The van der Waals surface area contributed by atoms with E-state index in [1.165, 1.54) is 11.1 Å². The van der Waals surface area contributed by atoms with Gasteiger partial charge in [0.25, 0.3) is 0 Å². The molecule has 1 rings (SSSR count). The highest BCUT2D eigenvalue weighted by atomic mass is 16.2. The summed E-state index contributed by atoms with van der Waals surface area (Å²) in [4.78, 5) is 3.96. The number of nitrogen functional groups attached to an aromatic ring is 1. The Morgan fingerprint density at radius 3 is 2.16 bits per heavy atom. The van der Waals surface area contributed by atoms with Crippen LogP contribution in [0.3, 0.4) is 0 Å². The van der Waals surface area contributed by atoms with Gasteiger partial charge in [-0.15, -0.1) is 0 Å². The first-order chi connectivity index (χ1) is 9.26. The van der Waals surface area contributed by atoms with Crippen molar-refractivity contribution >= 4 is 11.9 Å². The molecular weight excluding hydrogens is 236 g/mol. The standard InChI is InChI=1S/C13H18N2.C2H6.CH4O/c1-3-11(8-9-15-2)10-12-4-6-13(14)7-5-12;2*1-2/h4-9H,3,10,14H2,1-2H3;1-2H3;2H,1H3/b11-8+,15-9?;;. The van der Waals surface area contributed by atoms with Crippen molar-refractivity contribution in [3.63, 3.8) is 0 Å². The van der Waals surface area contributed by atoms with Gasteiger partial charge in [-0.05, 0) is 36.6 Å². The van der Waals surface area contributed by atoms with Crippen LogP contribution in [0.25, 0.3) is 0 Å². The van der Waals surface area contributed by atoms with Crippen molar-refractivity contribution in [1.29, 1.82) is 0 Å². The van der Waals surface area contributed by atoms with Crippen LogP contribution >= 0.6 is 0 Å². The number of benzene rings is 1. The van der Waals surface area contributed by atoms with Gasteiger partial charge in [0.15, 0.2) is 0 Å². The molecule has 0 saturated heterocycles. The van der Waals surface area contributed by atoms with Gasteiger partial charge in [0, 0.05) is 26.1 Å². The third-order valence-electron chi connectivity index (χ3n) is 2.32. The molecule has 0 saturated carbocycles. The van der Waals surface area contributed by atoms with E-state index in [9.17, 15) is 0 Å². The fourth-order valence-electron chi connectivity index (χ4n) is 1.38. The van der Waals surface area contributed by atoms with Gasteiger partial charge in [-0.3, -0.25) is 4.99 Å². The number of rotatable bonds is 4. The minimum Gasteiger partial charge on any atom is -0.400 e. The summed E-state index contributed by atoms with van der Waals surface area (Å²) >= 11 is 0. The number of hydrogen-bond acceptors (Lipinski definition) is 3. The number of aliphatic imine (C=N–C) groups is 1. The first-order valence-corrected chi connectivity index (χ1v) is 6.65. The average Bonchev–Trinajstić information content (AvgIpc) is 2.49. The number of allylic oxidation sites excluding steroid dienone is 2. The molecule has 19 heavy (non-hydrogen) atoms. The Morgan fingerprint density at radius 2 is 1.74 bits per heavy atom. The molecule has 1 aromatic rings. The highest BCUT2D eigenvalue weighted by Crippen LogP contribution is 2.12. The zero-order valence-corrected chi connectivity index (χ0v) is 12.9. The third-order valence-corrected chi connectivity index (χ3v) is 2.32. The molecule has 0 bridgehead atoms. The van der Waals surface area contributed by atoms with Gasteiger partial charge < -0.3 is 10.8 Å². The molecule has 0 fully saturated rings. The summed E-state index contributed by atoms with van der Waals surface area (Å²) in [6.45, 7) is 6.16. The van der Waals surface area contributed by atoms with E-state index in [2.05, 4.69) is 30.1 Å². The fourth-order valence-corrected chi connectivity index (χ4v) is 1.38. The molecule has 0 aromatic heterocycles. The number of aliphatic hydroxyl groups is 1. The van der Waals surface area contributed by atoms with Crippen LogP contribution in [0.5, 0.6) is 0 Å². The van der Waals surface area contributed by atoms with Crippen molar-refractivity contribution < 1.29 is 5.11 Å². The van der Waals surface area contributed by atoms with E-state index < -0.39 is 0 Å². The van der Waals surface area contributed by atoms with E-state index in [0.29, 0.717) is 0 Å². The Hall–Kier alpha value is -1.61. The number of nitrogens with zero attached hydrogens (tertiary/aromatic N) is 1. The molecule has 0 unspecified atom stereocenters. The van der Waals surface area contributed by atoms with Crippen LogP contribution in [-0.2, 0) is 6.42 Å². The first kappa shape index (κ1) is 19.7. The Balaban J connectivity index is 0. The second-order valence-corrected chi connectivity index (χ2v) is 3.50. The Kier molecular flexibility index (Phi) is 15.0. The Bertz CT molecular complexity index is 354. The van der Waals surface area contributed by atoms with Crippen molar-refractivity contribution in [2.45, 2.75) is 33.6 Å². The lowest BCUT2D eigenvalue weighted by atomic mass is 10.0. The minimum atomic E-state index is 0.816. The van der Waals surface area contributed by atoms with Crippen molar-refractivity contribution in [3.05, 3.63) is 41.5 Å². The zero-order valence-electron chi connectivity index (χ0n) is 12.9. The predicted octanol–water partition coefficient (Wildman–Crippen LogP) is 3.48. The van der Waals surface area contributed by atoms with Gasteiger partial charge in [-0.25, -0.2) is 0 Å². The topological polar surface area (TPSA) is 58.6 Å². The smallest absolute Gasteiger partial charge is 0.0319 e. The second kappa shape index (κ2) is 14.5. The summed E-state index contributed by atoms with van der Waals surface area (Å²) in [5.41, 5.74) is 9.12. The van der Waals surface area contributed by atoms with Gasteiger partial charge in [-0.2, -0.15) is 0 Å². The lowest BCUT2D eigenvalue weighted by molar-refractivity contribution is 0.399. The van der Waals surface area contributed by atoms with E-state index in [4.69, 9.17) is 10.8 Å². The molecule has 1 aromatic carbocycles. The summed E-state index contributed by atoms with van der Waals surface area (Å²) in [6.07, 6.45) is 5.95. The van der Waals surface area contributed by atoms with Crippen LogP contribution in [0.15, 0.2) is 40.9 Å². The van der Waals surface area contributed by atoms with E-state index in [1.54, 1.807) is 7.05 Å². The Morgan fingerprint density at radius 1 is 1.21 bits per heavy atom. The highest BCUT2D eigenvalue weighted by molar-refractivity contribution is 5.72. The minimum absolute atomic E-state index is 0.816. The maximum atomic E-state index is 7.00. The van der Waals surface area contributed by atoms with Crippen molar-refractivity contribution in [2.24, 2.45) is 4.99 Å². The molecule has 0 aliphatic carbocycles. The predicted molar refractivity (Wildman–Crippen MR) is 86.8 cm³/mol. The van der Waals surface area contributed by atoms with Crippen LogP contribution in [-0.4, -0.2) is 25.5 Å². The van der Waals surface area contributed by atoms with Crippen molar-refractivity contribution in [2.75, 3.05) is 19.9 Å². The summed E-state index contributed by atoms with van der Waals surface area (Å²) in [5.74, 6) is 0. The largest absolute Gasteiger partial charge is 0.400 e. The molecular formula is C16H28N2O. The Labute approximate surface area is 117 Å². The fraction of sp³-hybridized carbons (Fsp3) is 0.438. The van der Waals surface area contributed by atoms with Crippen LogP contribution in [0.1, 0.15) is 32.8 Å². The molecule has 0 heterocycles. The molecule has 3 N–H and O–H groups in total. The maximum absolute atomic E-state index is 7.00. The monoisotopic (exact) mass is 264 g/mol. The quantitative estimate of drug-likeness (QED) is 0.646. The lowest BCUT2D eigenvalue weighted by Gasteiger charge is -2.04. The van der Waals surface area contributed by atoms with Gasteiger partial charge in [0.05, 0.1) is 0 Å². The molecule has 108 valence electrons. The summed E-state index contributed by atoms with van der Waals surface area (Å²) in [6, 6.07) is 8.02.